The third-order valence-electron chi connectivity index (χ3n) is 3.30. The van der Waals surface area contributed by atoms with Crippen LogP contribution in [0.4, 0.5) is 4.39 Å². The quantitative estimate of drug-likeness (QED) is 0.622. The molecule has 0 aromatic heterocycles. The van der Waals surface area contributed by atoms with Crippen molar-refractivity contribution in [3.63, 3.8) is 0 Å². The zero-order valence-corrected chi connectivity index (χ0v) is 13.5. The molecule has 25 heavy (non-hydrogen) atoms. The first-order chi connectivity index (χ1) is 12.0. The molecule has 0 radical (unpaired) electrons. The summed E-state index contributed by atoms with van der Waals surface area (Å²) in [7, 11) is 0. The monoisotopic (exact) mass is 344 g/mol. The molecule has 0 atom stereocenters. The average Bonchev–Trinajstić information content (AvgIpc) is 2.64. The molecule has 0 aliphatic heterocycles. The Bertz CT molecular complexity index is 775. The van der Waals surface area contributed by atoms with Crippen LogP contribution in [0.25, 0.3) is 0 Å². The number of halogens is 1. The van der Waals surface area contributed by atoms with Crippen molar-refractivity contribution < 1.29 is 23.5 Å². The van der Waals surface area contributed by atoms with Crippen LogP contribution in [0.1, 0.15) is 34.1 Å². The Morgan fingerprint density at radius 2 is 1.68 bits per heavy atom. The summed E-state index contributed by atoms with van der Waals surface area (Å²) in [6.45, 7) is 1.42. The van der Waals surface area contributed by atoms with Crippen LogP contribution in [0.3, 0.4) is 0 Å². The molecule has 2 N–H and O–H groups in total. The number of carbonyl (C=O) groups is 3. The third-order valence-corrected chi connectivity index (χ3v) is 3.30. The fourth-order valence-corrected chi connectivity index (χ4v) is 1.97. The van der Waals surface area contributed by atoms with E-state index in [1.54, 1.807) is 31.2 Å². The summed E-state index contributed by atoms with van der Waals surface area (Å²) in [5, 5.41) is 0. The minimum Gasteiger partial charge on any atom is -0.484 e. The predicted molar refractivity (Wildman–Crippen MR) is 88.6 cm³/mol. The van der Waals surface area contributed by atoms with E-state index in [0.717, 1.165) is 6.07 Å². The largest absolute Gasteiger partial charge is 0.484 e. The fourth-order valence-electron chi connectivity index (χ4n) is 1.97. The van der Waals surface area contributed by atoms with E-state index in [0.29, 0.717) is 17.7 Å². The molecule has 2 aromatic carbocycles. The van der Waals surface area contributed by atoms with Gasteiger partial charge in [-0.1, -0.05) is 19.1 Å². The Kier molecular flexibility index (Phi) is 6.22. The molecular formula is C18H17FN2O4. The number of ketones is 1. The first kappa shape index (κ1) is 18.1. The minimum absolute atomic E-state index is 0.0140. The summed E-state index contributed by atoms with van der Waals surface area (Å²) < 4.78 is 18.7. The van der Waals surface area contributed by atoms with Gasteiger partial charge in [0.15, 0.2) is 12.4 Å². The number of hydrogen-bond acceptors (Lipinski definition) is 4. The summed E-state index contributed by atoms with van der Waals surface area (Å²) in [4.78, 5) is 34.9. The van der Waals surface area contributed by atoms with Gasteiger partial charge in [0, 0.05) is 12.0 Å². The van der Waals surface area contributed by atoms with Crippen molar-refractivity contribution >= 4 is 17.6 Å². The van der Waals surface area contributed by atoms with Gasteiger partial charge < -0.3 is 4.74 Å². The molecule has 2 amide bonds. The molecule has 130 valence electrons. The van der Waals surface area contributed by atoms with Gasteiger partial charge in [0.2, 0.25) is 0 Å². The molecule has 2 rings (SSSR count). The second kappa shape index (κ2) is 8.58. The molecule has 7 heteroatoms. The maximum atomic E-state index is 13.4. The van der Waals surface area contributed by atoms with Crippen LogP contribution in [0.2, 0.25) is 0 Å². The highest BCUT2D eigenvalue weighted by atomic mass is 19.1. The second-order valence-electron chi connectivity index (χ2n) is 5.07. The van der Waals surface area contributed by atoms with E-state index >= 15 is 0 Å². The van der Waals surface area contributed by atoms with Crippen molar-refractivity contribution in [2.45, 2.75) is 13.3 Å². The van der Waals surface area contributed by atoms with Crippen molar-refractivity contribution in [1.29, 1.82) is 0 Å². The Morgan fingerprint density at radius 3 is 2.32 bits per heavy atom. The lowest BCUT2D eigenvalue weighted by molar-refractivity contribution is -0.123. The minimum atomic E-state index is -0.770. The van der Waals surface area contributed by atoms with Gasteiger partial charge in [-0.25, -0.2) is 4.39 Å². The molecule has 0 spiro atoms. The average molecular weight is 344 g/mol. The lowest BCUT2D eigenvalue weighted by Crippen LogP contribution is -2.44. The molecular weight excluding hydrogens is 327 g/mol. The molecule has 0 aliphatic rings. The van der Waals surface area contributed by atoms with Crippen LogP contribution in [-0.2, 0) is 4.79 Å². The van der Waals surface area contributed by atoms with E-state index < -0.39 is 17.6 Å². The van der Waals surface area contributed by atoms with E-state index in [9.17, 15) is 18.8 Å². The number of rotatable bonds is 6. The number of benzene rings is 2. The van der Waals surface area contributed by atoms with Crippen molar-refractivity contribution in [2.24, 2.45) is 0 Å². The standard InChI is InChI=1S/C18H17FN2O4/c1-2-16(22)12-7-9-13(10-8-12)25-11-17(23)20-21-18(24)14-5-3-4-6-15(14)19/h3-10H,2,11H2,1H3,(H,20,23)(H,21,24). The number of Topliss-reactive ketones (excluding diaryl/α,β-unsaturated/α-hetero) is 1. The Morgan fingerprint density at radius 1 is 1.00 bits per heavy atom. The predicted octanol–water partition coefficient (Wildman–Crippen LogP) is 2.26. The molecule has 2 aromatic rings. The van der Waals surface area contributed by atoms with Gasteiger partial charge in [-0.15, -0.1) is 0 Å². The fraction of sp³-hybridized carbons (Fsp3) is 0.167. The van der Waals surface area contributed by atoms with E-state index in [4.69, 9.17) is 4.74 Å². The number of ether oxygens (including phenoxy) is 1. The number of amides is 2. The number of carbonyl (C=O) groups excluding carboxylic acids is 3. The molecule has 0 bridgehead atoms. The first-order valence-electron chi connectivity index (χ1n) is 7.61. The highest BCUT2D eigenvalue weighted by Crippen LogP contribution is 2.13. The van der Waals surface area contributed by atoms with Crippen molar-refractivity contribution in [2.75, 3.05) is 6.61 Å². The van der Waals surface area contributed by atoms with Gasteiger partial charge in [-0.2, -0.15) is 0 Å². The Hall–Kier alpha value is -3.22. The van der Waals surface area contributed by atoms with Gasteiger partial charge >= 0.3 is 0 Å². The summed E-state index contributed by atoms with van der Waals surface area (Å²) in [5.41, 5.74) is 4.62. The van der Waals surface area contributed by atoms with Crippen LogP contribution in [0.5, 0.6) is 5.75 Å². The summed E-state index contributed by atoms with van der Waals surface area (Å²) in [6.07, 6.45) is 0.407. The first-order valence-corrected chi connectivity index (χ1v) is 7.61. The summed E-state index contributed by atoms with van der Waals surface area (Å²) in [6, 6.07) is 11.8. The number of hydrogen-bond donors (Lipinski definition) is 2. The van der Waals surface area contributed by atoms with Crippen LogP contribution >= 0.6 is 0 Å². The molecule has 0 unspecified atom stereocenters. The van der Waals surface area contributed by atoms with Gasteiger partial charge in [0.25, 0.3) is 11.8 Å². The molecule has 0 saturated carbocycles. The molecule has 0 heterocycles. The normalized spacial score (nSPS) is 10.0. The second-order valence-corrected chi connectivity index (χ2v) is 5.07. The number of nitrogens with one attached hydrogen (secondary N) is 2. The molecule has 6 nitrogen and oxygen atoms in total. The summed E-state index contributed by atoms with van der Waals surface area (Å²) >= 11 is 0. The third kappa shape index (κ3) is 5.13. The maximum Gasteiger partial charge on any atom is 0.276 e. The van der Waals surface area contributed by atoms with E-state index in [2.05, 4.69) is 10.9 Å². The zero-order chi connectivity index (χ0) is 18.2. The van der Waals surface area contributed by atoms with E-state index in [-0.39, 0.29) is 18.0 Å². The summed E-state index contributed by atoms with van der Waals surface area (Å²) in [5.74, 6) is -1.65. The highest BCUT2D eigenvalue weighted by molar-refractivity contribution is 5.96. The Balaban J connectivity index is 1.80. The van der Waals surface area contributed by atoms with Crippen LogP contribution in [-0.4, -0.2) is 24.2 Å². The van der Waals surface area contributed by atoms with Crippen LogP contribution in [0.15, 0.2) is 48.5 Å². The van der Waals surface area contributed by atoms with E-state index in [1.165, 1.54) is 18.2 Å². The van der Waals surface area contributed by atoms with Gasteiger partial charge in [-0.05, 0) is 36.4 Å². The topological polar surface area (TPSA) is 84.5 Å². The highest BCUT2D eigenvalue weighted by Gasteiger charge is 2.12. The van der Waals surface area contributed by atoms with E-state index in [1.807, 2.05) is 0 Å². The van der Waals surface area contributed by atoms with Crippen molar-refractivity contribution in [3.05, 3.63) is 65.5 Å². The lowest BCUT2D eigenvalue weighted by atomic mass is 10.1. The maximum absolute atomic E-state index is 13.4. The van der Waals surface area contributed by atoms with Crippen molar-refractivity contribution in [3.8, 4) is 5.75 Å². The SMILES string of the molecule is CCC(=O)c1ccc(OCC(=O)NNC(=O)c2ccccc2F)cc1. The number of hydrazine groups is 1. The molecule has 0 fully saturated rings. The van der Waals surface area contributed by atoms with Crippen molar-refractivity contribution in [1.82, 2.24) is 10.9 Å². The molecule has 0 aliphatic carbocycles. The van der Waals surface area contributed by atoms with Gasteiger partial charge in [0.1, 0.15) is 11.6 Å². The van der Waals surface area contributed by atoms with Gasteiger partial charge in [0.05, 0.1) is 5.56 Å². The molecule has 0 saturated heterocycles. The Labute approximate surface area is 144 Å². The van der Waals surface area contributed by atoms with Gasteiger partial charge in [-0.3, -0.25) is 25.2 Å². The van der Waals surface area contributed by atoms with Crippen LogP contribution < -0.4 is 15.6 Å². The lowest BCUT2D eigenvalue weighted by Gasteiger charge is -2.09. The van der Waals surface area contributed by atoms with Crippen LogP contribution in [0, 0.1) is 5.82 Å². The smallest absolute Gasteiger partial charge is 0.276 e. The zero-order valence-electron chi connectivity index (χ0n) is 13.5.